The molecule has 2 nitrogen and oxygen atoms in total. The zero-order chi connectivity index (χ0) is 13.9. The molecule has 1 heterocycles. The Morgan fingerprint density at radius 1 is 1.00 bits per heavy atom. The fourth-order valence-corrected chi connectivity index (χ4v) is 3.18. The number of hydrogen-bond acceptors (Lipinski definition) is 3. The molecule has 0 bridgehead atoms. The minimum atomic E-state index is 0.593. The topological polar surface area (TPSA) is 18.5 Å². The first-order valence-corrected chi connectivity index (χ1v) is 7.38. The van der Waals surface area contributed by atoms with Gasteiger partial charge >= 0.3 is 0 Å². The summed E-state index contributed by atoms with van der Waals surface area (Å²) >= 11 is 1.77. The van der Waals surface area contributed by atoms with Crippen molar-refractivity contribution in [3.05, 3.63) is 59.0 Å². The van der Waals surface area contributed by atoms with Crippen molar-refractivity contribution in [2.24, 2.45) is 0 Å². The van der Waals surface area contributed by atoms with Crippen molar-refractivity contribution >= 4 is 21.4 Å². The van der Waals surface area contributed by atoms with Crippen LogP contribution >= 0.6 is 11.3 Å². The first kappa shape index (κ1) is 13.0. The molecule has 0 spiro atoms. The number of thiophene rings is 1. The van der Waals surface area contributed by atoms with Crippen LogP contribution < -0.4 is 9.47 Å². The number of benzene rings is 2. The van der Waals surface area contributed by atoms with E-state index < -0.39 is 0 Å². The number of rotatable bonds is 4. The standard InChI is InChI=1S/C17H16O2S/c1-12-3-8-16-13(11-20-17(16)9-12)10-19-15-6-4-14(18-2)5-7-15/h3-9,11H,10H2,1-2H3. The van der Waals surface area contributed by atoms with E-state index in [0.29, 0.717) is 6.61 Å². The number of aryl methyl sites for hydroxylation is 1. The lowest BCUT2D eigenvalue weighted by Gasteiger charge is -2.06. The van der Waals surface area contributed by atoms with Crippen molar-refractivity contribution in [1.29, 1.82) is 0 Å². The van der Waals surface area contributed by atoms with E-state index in [9.17, 15) is 0 Å². The molecule has 3 heteroatoms. The minimum Gasteiger partial charge on any atom is -0.497 e. The Hall–Kier alpha value is -2.00. The Bertz CT molecular complexity index is 713. The summed E-state index contributed by atoms with van der Waals surface area (Å²) in [6, 6.07) is 14.2. The van der Waals surface area contributed by atoms with Gasteiger partial charge in [-0.15, -0.1) is 11.3 Å². The number of fused-ring (bicyclic) bond motifs is 1. The van der Waals surface area contributed by atoms with Gasteiger partial charge in [0.1, 0.15) is 18.1 Å². The van der Waals surface area contributed by atoms with Gasteiger partial charge in [0.25, 0.3) is 0 Å². The Morgan fingerprint density at radius 3 is 2.50 bits per heavy atom. The highest BCUT2D eigenvalue weighted by Crippen LogP contribution is 2.28. The second kappa shape index (κ2) is 5.55. The molecule has 2 aromatic carbocycles. The first-order chi connectivity index (χ1) is 9.76. The first-order valence-electron chi connectivity index (χ1n) is 6.50. The summed E-state index contributed by atoms with van der Waals surface area (Å²) in [5, 5.41) is 3.46. The Balaban J connectivity index is 1.76. The van der Waals surface area contributed by atoms with Gasteiger partial charge in [0.2, 0.25) is 0 Å². The van der Waals surface area contributed by atoms with Gasteiger partial charge in [-0.3, -0.25) is 0 Å². The zero-order valence-corrected chi connectivity index (χ0v) is 12.4. The van der Waals surface area contributed by atoms with Crippen LogP contribution in [0.2, 0.25) is 0 Å². The summed E-state index contributed by atoms with van der Waals surface area (Å²) < 4.78 is 12.3. The van der Waals surface area contributed by atoms with Crippen molar-refractivity contribution in [1.82, 2.24) is 0 Å². The molecule has 0 saturated carbocycles. The molecular formula is C17H16O2S. The van der Waals surface area contributed by atoms with Crippen LogP contribution in [0.15, 0.2) is 47.8 Å². The van der Waals surface area contributed by atoms with E-state index in [2.05, 4.69) is 30.5 Å². The molecule has 3 aromatic rings. The van der Waals surface area contributed by atoms with Crippen molar-refractivity contribution in [3.8, 4) is 11.5 Å². The Morgan fingerprint density at radius 2 is 1.75 bits per heavy atom. The summed E-state index contributed by atoms with van der Waals surface area (Å²) in [4.78, 5) is 0. The molecule has 1 aromatic heterocycles. The molecular weight excluding hydrogens is 268 g/mol. The lowest BCUT2D eigenvalue weighted by Crippen LogP contribution is -1.94. The van der Waals surface area contributed by atoms with Crippen molar-refractivity contribution < 1.29 is 9.47 Å². The fourth-order valence-electron chi connectivity index (χ4n) is 2.14. The van der Waals surface area contributed by atoms with Crippen LogP contribution in [0.3, 0.4) is 0 Å². The van der Waals surface area contributed by atoms with Crippen molar-refractivity contribution in [2.45, 2.75) is 13.5 Å². The van der Waals surface area contributed by atoms with Crippen LogP contribution in [0.25, 0.3) is 10.1 Å². The molecule has 0 N–H and O–H groups in total. The molecule has 0 radical (unpaired) electrons. The molecule has 0 saturated heterocycles. The van der Waals surface area contributed by atoms with Gasteiger partial charge < -0.3 is 9.47 Å². The molecule has 0 aliphatic carbocycles. The monoisotopic (exact) mass is 284 g/mol. The Labute approximate surface area is 122 Å². The van der Waals surface area contributed by atoms with Crippen molar-refractivity contribution in [2.75, 3.05) is 7.11 Å². The maximum Gasteiger partial charge on any atom is 0.120 e. The molecule has 20 heavy (non-hydrogen) atoms. The molecule has 0 fully saturated rings. The van der Waals surface area contributed by atoms with Crippen LogP contribution in [0.1, 0.15) is 11.1 Å². The summed E-state index contributed by atoms with van der Waals surface area (Å²) in [5.41, 5.74) is 2.53. The number of hydrogen-bond donors (Lipinski definition) is 0. The summed E-state index contributed by atoms with van der Waals surface area (Å²) in [5.74, 6) is 1.70. The smallest absolute Gasteiger partial charge is 0.120 e. The van der Waals surface area contributed by atoms with E-state index in [1.54, 1.807) is 18.4 Å². The van der Waals surface area contributed by atoms with Crippen molar-refractivity contribution in [3.63, 3.8) is 0 Å². The quantitative estimate of drug-likeness (QED) is 0.685. The predicted octanol–water partition coefficient (Wildman–Crippen LogP) is 4.80. The van der Waals surface area contributed by atoms with Crippen LogP contribution in [-0.4, -0.2) is 7.11 Å². The molecule has 0 aliphatic heterocycles. The Kier molecular flexibility index (Phi) is 3.61. The molecule has 0 atom stereocenters. The predicted molar refractivity (Wildman–Crippen MR) is 83.9 cm³/mol. The van der Waals surface area contributed by atoms with Gasteiger partial charge in [-0.2, -0.15) is 0 Å². The highest BCUT2D eigenvalue weighted by Gasteiger charge is 2.05. The molecule has 0 aliphatic rings. The largest absolute Gasteiger partial charge is 0.497 e. The van der Waals surface area contributed by atoms with Crippen LogP contribution in [0, 0.1) is 6.92 Å². The third kappa shape index (κ3) is 2.63. The second-order valence-electron chi connectivity index (χ2n) is 4.72. The molecule has 0 amide bonds. The highest BCUT2D eigenvalue weighted by molar-refractivity contribution is 7.17. The lowest BCUT2D eigenvalue weighted by atomic mass is 10.1. The van der Waals surface area contributed by atoms with Crippen LogP contribution in [0.4, 0.5) is 0 Å². The van der Waals surface area contributed by atoms with Gasteiger partial charge in [0.05, 0.1) is 7.11 Å². The zero-order valence-electron chi connectivity index (χ0n) is 11.6. The van der Waals surface area contributed by atoms with Crippen LogP contribution in [-0.2, 0) is 6.61 Å². The number of ether oxygens (including phenoxy) is 2. The van der Waals surface area contributed by atoms with E-state index in [1.807, 2.05) is 24.3 Å². The number of methoxy groups -OCH3 is 1. The normalized spacial score (nSPS) is 10.7. The van der Waals surface area contributed by atoms with E-state index in [0.717, 1.165) is 11.5 Å². The lowest BCUT2D eigenvalue weighted by molar-refractivity contribution is 0.307. The van der Waals surface area contributed by atoms with Gasteiger partial charge in [0.15, 0.2) is 0 Å². The molecule has 102 valence electrons. The van der Waals surface area contributed by atoms with Crippen LogP contribution in [0.5, 0.6) is 11.5 Å². The van der Waals surface area contributed by atoms with E-state index >= 15 is 0 Å². The average molecular weight is 284 g/mol. The highest BCUT2D eigenvalue weighted by atomic mass is 32.1. The summed E-state index contributed by atoms with van der Waals surface area (Å²) in [6.45, 7) is 2.71. The molecule has 0 unspecified atom stereocenters. The molecule has 3 rings (SSSR count). The van der Waals surface area contributed by atoms with Gasteiger partial charge in [0, 0.05) is 10.3 Å². The maximum atomic E-state index is 5.84. The third-order valence-corrected chi connectivity index (χ3v) is 4.26. The minimum absolute atomic E-state index is 0.593. The third-order valence-electron chi connectivity index (χ3n) is 3.26. The second-order valence-corrected chi connectivity index (χ2v) is 5.64. The fraction of sp³-hybridized carbons (Fsp3) is 0.176. The van der Waals surface area contributed by atoms with E-state index in [4.69, 9.17) is 9.47 Å². The van der Waals surface area contributed by atoms with Gasteiger partial charge in [-0.05, 0) is 53.6 Å². The van der Waals surface area contributed by atoms with Gasteiger partial charge in [-0.25, -0.2) is 0 Å². The van der Waals surface area contributed by atoms with E-state index in [-0.39, 0.29) is 0 Å². The van der Waals surface area contributed by atoms with Gasteiger partial charge in [-0.1, -0.05) is 12.1 Å². The SMILES string of the molecule is COc1ccc(OCc2csc3cc(C)ccc23)cc1. The van der Waals surface area contributed by atoms with E-state index in [1.165, 1.54) is 21.2 Å². The summed E-state index contributed by atoms with van der Waals surface area (Å²) in [6.07, 6.45) is 0. The maximum absolute atomic E-state index is 5.84. The summed E-state index contributed by atoms with van der Waals surface area (Å²) in [7, 11) is 1.66. The average Bonchev–Trinajstić information content (AvgIpc) is 2.88.